The van der Waals surface area contributed by atoms with Gasteiger partial charge in [0.15, 0.2) is 11.1 Å². The van der Waals surface area contributed by atoms with E-state index in [2.05, 4.69) is 25.9 Å². The zero-order valence-electron chi connectivity index (χ0n) is 17.4. The highest BCUT2D eigenvalue weighted by atomic mass is 127. The number of nitrogens with zero attached hydrogens (tertiary/aromatic N) is 3. The lowest BCUT2D eigenvalue weighted by Crippen LogP contribution is -2.39. The van der Waals surface area contributed by atoms with Crippen LogP contribution >= 0.6 is 35.3 Å². The van der Waals surface area contributed by atoms with Crippen molar-refractivity contribution in [2.24, 2.45) is 4.99 Å². The lowest BCUT2D eigenvalue weighted by atomic mass is 10.0. The Labute approximate surface area is 194 Å². The highest BCUT2D eigenvalue weighted by Crippen LogP contribution is 2.24. The van der Waals surface area contributed by atoms with E-state index in [0.29, 0.717) is 11.7 Å². The minimum atomic E-state index is -1.14. The Hall–Kier alpha value is -1.33. The molecule has 1 fully saturated rings. The Bertz CT molecular complexity index is 783. The molecule has 0 amide bonds. The highest BCUT2D eigenvalue weighted by Gasteiger charge is 2.26. The Morgan fingerprint density at radius 1 is 1.34 bits per heavy atom. The molecule has 29 heavy (non-hydrogen) atoms. The average Bonchev–Trinajstić information content (AvgIpc) is 3.41. The summed E-state index contributed by atoms with van der Waals surface area (Å²) < 4.78 is 5.55. The fraction of sp³-hybridized carbons (Fsp3) is 0.600. The summed E-state index contributed by atoms with van der Waals surface area (Å²) in [6.45, 7) is 9.55. The van der Waals surface area contributed by atoms with E-state index < -0.39 is 5.60 Å². The molecule has 0 bridgehead atoms. The van der Waals surface area contributed by atoms with Gasteiger partial charge in [0.2, 0.25) is 0 Å². The zero-order chi connectivity index (χ0) is 20.0. The van der Waals surface area contributed by atoms with Gasteiger partial charge in [0.25, 0.3) is 0 Å². The summed E-state index contributed by atoms with van der Waals surface area (Å²) in [7, 11) is 0. The van der Waals surface area contributed by atoms with Crippen molar-refractivity contribution in [1.29, 1.82) is 0 Å². The molecule has 162 valence electrons. The normalized spacial score (nSPS) is 16.4. The Morgan fingerprint density at radius 2 is 2.10 bits per heavy atom. The van der Waals surface area contributed by atoms with Gasteiger partial charge in [-0.05, 0) is 45.7 Å². The second-order valence-electron chi connectivity index (χ2n) is 7.37. The highest BCUT2D eigenvalue weighted by molar-refractivity contribution is 14.0. The lowest BCUT2D eigenvalue weighted by molar-refractivity contribution is 0.0428. The first-order valence-corrected chi connectivity index (χ1v) is 10.9. The predicted molar refractivity (Wildman–Crippen MR) is 130 cm³/mol. The molecule has 9 heteroatoms. The maximum Gasteiger partial charge on any atom is 0.191 e. The van der Waals surface area contributed by atoms with Gasteiger partial charge in [0.05, 0.1) is 12.2 Å². The minimum absolute atomic E-state index is 0. The van der Waals surface area contributed by atoms with Crippen molar-refractivity contribution in [2.45, 2.75) is 45.6 Å². The lowest BCUT2D eigenvalue weighted by Gasteiger charge is -2.19. The van der Waals surface area contributed by atoms with Gasteiger partial charge in [-0.15, -0.1) is 35.3 Å². The SMILES string of the molecule is CCNC(=NCC(C)(O)c1ccc(C)o1)NCCc1csc(N2CCCC2)n1.I. The van der Waals surface area contributed by atoms with Crippen molar-refractivity contribution >= 4 is 46.4 Å². The first-order valence-electron chi connectivity index (χ1n) is 9.99. The van der Waals surface area contributed by atoms with Crippen LogP contribution in [0.25, 0.3) is 0 Å². The fourth-order valence-electron chi connectivity index (χ4n) is 3.15. The number of furan rings is 1. The first kappa shape index (κ1) is 23.9. The van der Waals surface area contributed by atoms with Gasteiger partial charge in [-0.2, -0.15) is 0 Å². The molecule has 0 saturated carbocycles. The van der Waals surface area contributed by atoms with Crippen LogP contribution in [0, 0.1) is 6.92 Å². The van der Waals surface area contributed by atoms with Gasteiger partial charge in [0.1, 0.15) is 17.1 Å². The number of aliphatic imine (C=N–C) groups is 1. The number of guanidine groups is 1. The van der Waals surface area contributed by atoms with Crippen molar-refractivity contribution in [3.63, 3.8) is 0 Å². The van der Waals surface area contributed by atoms with E-state index >= 15 is 0 Å². The molecule has 2 aromatic heterocycles. The molecule has 1 unspecified atom stereocenters. The van der Waals surface area contributed by atoms with Crippen molar-refractivity contribution in [1.82, 2.24) is 15.6 Å². The largest absolute Gasteiger partial charge is 0.463 e. The van der Waals surface area contributed by atoms with Crippen molar-refractivity contribution < 1.29 is 9.52 Å². The summed E-state index contributed by atoms with van der Waals surface area (Å²) >= 11 is 1.73. The summed E-state index contributed by atoms with van der Waals surface area (Å²) in [5.74, 6) is 1.99. The third-order valence-electron chi connectivity index (χ3n) is 4.75. The van der Waals surface area contributed by atoms with Crippen molar-refractivity contribution in [3.8, 4) is 0 Å². The van der Waals surface area contributed by atoms with Gasteiger partial charge in [-0.3, -0.25) is 0 Å². The Morgan fingerprint density at radius 3 is 2.76 bits per heavy atom. The number of aliphatic hydroxyl groups is 1. The second kappa shape index (κ2) is 11.2. The van der Waals surface area contributed by atoms with Crippen LogP contribution in [0.5, 0.6) is 0 Å². The van der Waals surface area contributed by atoms with Gasteiger partial charge in [0, 0.05) is 38.0 Å². The molecule has 3 N–H and O–H groups in total. The molecule has 0 aromatic carbocycles. The number of hydrogen-bond acceptors (Lipinski definition) is 6. The molecule has 7 nitrogen and oxygen atoms in total. The number of anilines is 1. The minimum Gasteiger partial charge on any atom is -0.463 e. The number of hydrogen-bond donors (Lipinski definition) is 3. The fourth-order valence-corrected chi connectivity index (χ4v) is 4.06. The molecule has 3 heterocycles. The van der Waals surface area contributed by atoms with E-state index in [0.717, 1.165) is 49.2 Å². The first-order chi connectivity index (χ1) is 13.5. The van der Waals surface area contributed by atoms with Crippen LogP contribution in [0.1, 0.15) is 43.9 Å². The van der Waals surface area contributed by atoms with Crippen LogP contribution in [-0.2, 0) is 12.0 Å². The van der Waals surface area contributed by atoms with Gasteiger partial charge >= 0.3 is 0 Å². The standard InChI is InChI=1S/C20H31N5O2S.HI/c1-4-21-18(23-14-20(3,26)17-8-7-15(2)27-17)22-10-9-16-13-28-19(24-16)25-11-5-6-12-25;/h7-8,13,26H,4-6,9-12,14H2,1-3H3,(H2,21,22,23);1H. The topological polar surface area (TPSA) is 85.9 Å². The molecular weight excluding hydrogens is 501 g/mol. The van der Waals surface area contributed by atoms with Crippen LogP contribution in [-0.4, -0.2) is 48.8 Å². The molecular formula is C20H32IN5O2S. The molecule has 1 atom stereocenters. The van der Waals surface area contributed by atoms with Gasteiger partial charge in [-0.25, -0.2) is 9.98 Å². The zero-order valence-corrected chi connectivity index (χ0v) is 20.5. The monoisotopic (exact) mass is 533 g/mol. The maximum atomic E-state index is 10.7. The van der Waals surface area contributed by atoms with E-state index in [-0.39, 0.29) is 30.5 Å². The Balaban J connectivity index is 0.00000300. The number of aryl methyl sites for hydroxylation is 1. The number of nitrogens with one attached hydrogen (secondary N) is 2. The third-order valence-corrected chi connectivity index (χ3v) is 5.70. The predicted octanol–water partition coefficient (Wildman–Crippen LogP) is 3.27. The summed E-state index contributed by atoms with van der Waals surface area (Å²) in [6, 6.07) is 3.65. The molecule has 1 aliphatic heterocycles. The number of halogens is 1. The van der Waals surface area contributed by atoms with Crippen LogP contribution in [0.15, 0.2) is 26.9 Å². The summed E-state index contributed by atoms with van der Waals surface area (Å²) in [5.41, 5.74) is -0.0378. The molecule has 3 rings (SSSR count). The van der Waals surface area contributed by atoms with E-state index in [4.69, 9.17) is 9.40 Å². The molecule has 0 aliphatic carbocycles. The average molecular weight is 533 g/mol. The molecule has 1 saturated heterocycles. The van der Waals surface area contributed by atoms with E-state index in [9.17, 15) is 5.11 Å². The summed E-state index contributed by atoms with van der Waals surface area (Å²) in [4.78, 5) is 11.6. The van der Waals surface area contributed by atoms with E-state index in [1.165, 1.54) is 12.8 Å². The molecule has 0 spiro atoms. The van der Waals surface area contributed by atoms with E-state index in [1.807, 2.05) is 19.9 Å². The summed E-state index contributed by atoms with van der Waals surface area (Å²) in [6.07, 6.45) is 3.36. The van der Waals surface area contributed by atoms with E-state index in [1.54, 1.807) is 24.3 Å². The maximum absolute atomic E-state index is 10.7. The van der Waals surface area contributed by atoms with Crippen LogP contribution in [0.4, 0.5) is 5.13 Å². The molecule has 1 aliphatic rings. The second-order valence-corrected chi connectivity index (χ2v) is 8.21. The smallest absolute Gasteiger partial charge is 0.191 e. The third kappa shape index (κ3) is 6.85. The van der Waals surface area contributed by atoms with Gasteiger partial charge in [-0.1, -0.05) is 0 Å². The quantitative estimate of drug-likeness (QED) is 0.275. The van der Waals surface area contributed by atoms with Crippen LogP contribution in [0.2, 0.25) is 0 Å². The number of thiazole rings is 1. The Kier molecular flexibility index (Phi) is 9.22. The van der Waals surface area contributed by atoms with Gasteiger partial charge < -0.3 is 25.1 Å². The van der Waals surface area contributed by atoms with Crippen molar-refractivity contribution in [2.75, 3.05) is 37.6 Å². The number of aromatic nitrogens is 1. The molecule has 0 radical (unpaired) electrons. The van der Waals surface area contributed by atoms with Crippen molar-refractivity contribution in [3.05, 3.63) is 34.7 Å². The molecule has 2 aromatic rings. The van der Waals surface area contributed by atoms with Crippen LogP contribution < -0.4 is 15.5 Å². The summed E-state index contributed by atoms with van der Waals surface area (Å²) in [5, 5.41) is 20.5. The van der Waals surface area contributed by atoms with Crippen LogP contribution in [0.3, 0.4) is 0 Å². The number of rotatable bonds is 8.